The Balaban J connectivity index is 2.09. The summed E-state index contributed by atoms with van der Waals surface area (Å²) < 4.78 is 5.98. The van der Waals surface area contributed by atoms with E-state index in [0.29, 0.717) is 5.56 Å². The first-order valence-corrected chi connectivity index (χ1v) is 6.84. The van der Waals surface area contributed by atoms with Crippen molar-refractivity contribution >= 4 is 5.97 Å². The molecule has 19 heavy (non-hydrogen) atoms. The molecule has 0 saturated carbocycles. The number of hydrogen-bond acceptors (Lipinski definition) is 2. The highest BCUT2D eigenvalue weighted by Gasteiger charge is 2.12. The predicted octanol–water partition coefficient (Wildman–Crippen LogP) is 3.96. The van der Waals surface area contributed by atoms with Crippen LogP contribution in [0.4, 0.5) is 0 Å². The van der Waals surface area contributed by atoms with Crippen molar-refractivity contribution in [1.82, 2.24) is 0 Å². The molecule has 0 aromatic heterocycles. The summed E-state index contributed by atoms with van der Waals surface area (Å²) in [6.45, 7) is 1.88. The lowest BCUT2D eigenvalue weighted by atomic mass is 10.0. The minimum absolute atomic E-state index is 0.106. The van der Waals surface area contributed by atoms with Crippen LogP contribution in [0.3, 0.4) is 0 Å². The largest absolute Gasteiger partial charge is 0.486 e. The van der Waals surface area contributed by atoms with E-state index >= 15 is 0 Å². The molecule has 3 nitrogen and oxygen atoms in total. The zero-order valence-electron chi connectivity index (χ0n) is 11.3. The van der Waals surface area contributed by atoms with Gasteiger partial charge in [-0.05, 0) is 62.4 Å². The Bertz CT molecular complexity index is 477. The molecule has 0 aliphatic heterocycles. The number of ether oxygens (including phenoxy) is 1. The lowest BCUT2D eigenvalue weighted by Crippen LogP contribution is -2.15. The van der Waals surface area contributed by atoms with Crippen LogP contribution in [0.1, 0.15) is 48.0 Å². The molecule has 2 rings (SSSR count). The molecule has 1 unspecified atom stereocenters. The summed E-state index contributed by atoms with van der Waals surface area (Å²) in [5.41, 5.74) is 1.17. The molecular weight excluding hydrogens is 240 g/mol. The maximum absolute atomic E-state index is 10.9. The van der Waals surface area contributed by atoms with E-state index in [1.807, 2.05) is 6.92 Å². The van der Waals surface area contributed by atoms with Gasteiger partial charge in [0.25, 0.3) is 0 Å². The van der Waals surface area contributed by atoms with Crippen LogP contribution in [-0.2, 0) is 0 Å². The van der Waals surface area contributed by atoms with Crippen molar-refractivity contribution in [2.45, 2.75) is 45.1 Å². The molecule has 1 aliphatic rings. The molecule has 1 aliphatic carbocycles. The standard InChI is InChI=1S/C16H20O3/c1-12-11-13(16(17)18)9-10-15(12)19-14-7-5-3-2-4-6-8-14/h5,7,9-11,14H,2-4,6,8H2,1H3,(H,17,18)/b7-5+. The number of carbonyl (C=O) groups is 1. The smallest absolute Gasteiger partial charge is 0.335 e. The Kier molecular flexibility index (Phi) is 4.61. The van der Waals surface area contributed by atoms with Gasteiger partial charge < -0.3 is 9.84 Å². The van der Waals surface area contributed by atoms with E-state index in [4.69, 9.17) is 9.84 Å². The van der Waals surface area contributed by atoms with Gasteiger partial charge >= 0.3 is 5.97 Å². The number of rotatable bonds is 3. The summed E-state index contributed by atoms with van der Waals surface area (Å²) >= 11 is 0. The van der Waals surface area contributed by atoms with Gasteiger partial charge in [0.05, 0.1) is 5.56 Å². The number of hydrogen-bond donors (Lipinski definition) is 1. The zero-order chi connectivity index (χ0) is 13.7. The maximum Gasteiger partial charge on any atom is 0.335 e. The summed E-state index contributed by atoms with van der Waals surface area (Å²) in [6, 6.07) is 5.01. The van der Waals surface area contributed by atoms with Crippen molar-refractivity contribution in [3.63, 3.8) is 0 Å². The third-order valence-electron chi connectivity index (χ3n) is 3.41. The molecule has 1 aromatic rings. The second-order valence-corrected chi connectivity index (χ2v) is 5.01. The summed E-state index contributed by atoms with van der Waals surface area (Å²) in [7, 11) is 0. The SMILES string of the molecule is Cc1cc(C(=O)O)ccc1OC1/C=C/CCCCC1. The zero-order valence-corrected chi connectivity index (χ0v) is 11.3. The lowest BCUT2D eigenvalue weighted by Gasteiger charge is -2.19. The van der Waals surface area contributed by atoms with Gasteiger partial charge in [-0.15, -0.1) is 0 Å². The van der Waals surface area contributed by atoms with E-state index in [0.717, 1.165) is 24.2 Å². The van der Waals surface area contributed by atoms with Crippen LogP contribution < -0.4 is 4.74 Å². The van der Waals surface area contributed by atoms with E-state index in [1.165, 1.54) is 19.3 Å². The highest BCUT2D eigenvalue weighted by molar-refractivity contribution is 5.88. The normalized spacial score (nSPS) is 21.2. The second-order valence-electron chi connectivity index (χ2n) is 5.01. The number of aromatic carboxylic acids is 1. The Hall–Kier alpha value is -1.77. The Morgan fingerprint density at radius 2 is 2.16 bits per heavy atom. The van der Waals surface area contributed by atoms with E-state index in [9.17, 15) is 4.79 Å². The van der Waals surface area contributed by atoms with E-state index < -0.39 is 5.97 Å². The molecule has 1 N–H and O–H groups in total. The molecule has 0 amide bonds. The van der Waals surface area contributed by atoms with Crippen molar-refractivity contribution in [3.8, 4) is 5.75 Å². The minimum atomic E-state index is -0.902. The van der Waals surface area contributed by atoms with Gasteiger partial charge in [0, 0.05) is 0 Å². The average Bonchev–Trinajstić information content (AvgIpc) is 2.34. The first-order chi connectivity index (χ1) is 9.16. The van der Waals surface area contributed by atoms with Crippen molar-refractivity contribution in [3.05, 3.63) is 41.5 Å². The molecule has 0 saturated heterocycles. The van der Waals surface area contributed by atoms with Crippen molar-refractivity contribution in [2.24, 2.45) is 0 Å². The highest BCUT2D eigenvalue weighted by Crippen LogP contribution is 2.23. The monoisotopic (exact) mass is 260 g/mol. The van der Waals surface area contributed by atoms with Gasteiger partial charge in [-0.25, -0.2) is 4.79 Å². The number of aryl methyl sites for hydroxylation is 1. The lowest BCUT2D eigenvalue weighted by molar-refractivity contribution is 0.0696. The quantitative estimate of drug-likeness (QED) is 0.837. The molecule has 0 radical (unpaired) electrons. The van der Waals surface area contributed by atoms with Crippen molar-refractivity contribution in [2.75, 3.05) is 0 Å². The van der Waals surface area contributed by atoms with Gasteiger partial charge in [-0.3, -0.25) is 0 Å². The van der Waals surface area contributed by atoms with Gasteiger partial charge in [-0.1, -0.05) is 12.5 Å². The topological polar surface area (TPSA) is 46.5 Å². The van der Waals surface area contributed by atoms with Crippen LogP contribution in [0.5, 0.6) is 5.75 Å². The molecule has 0 fully saturated rings. The van der Waals surface area contributed by atoms with E-state index in [2.05, 4.69) is 12.2 Å². The Labute approximate surface area is 113 Å². The molecule has 0 spiro atoms. The van der Waals surface area contributed by atoms with Gasteiger partial charge in [0.15, 0.2) is 0 Å². The fraction of sp³-hybridized carbons (Fsp3) is 0.438. The third-order valence-corrected chi connectivity index (χ3v) is 3.41. The molecule has 0 bridgehead atoms. The number of carboxylic acids is 1. The average molecular weight is 260 g/mol. The third kappa shape index (κ3) is 3.85. The van der Waals surface area contributed by atoms with Crippen LogP contribution in [0.15, 0.2) is 30.4 Å². The molecule has 3 heteroatoms. The number of carboxylic acid groups (broad SMARTS) is 1. The summed E-state index contributed by atoms with van der Waals surface area (Å²) in [4.78, 5) is 10.9. The van der Waals surface area contributed by atoms with E-state index in [-0.39, 0.29) is 6.10 Å². The summed E-state index contributed by atoms with van der Waals surface area (Å²) in [6.07, 6.45) is 10.3. The van der Waals surface area contributed by atoms with Crippen LogP contribution >= 0.6 is 0 Å². The first kappa shape index (κ1) is 13.7. The Morgan fingerprint density at radius 1 is 1.32 bits per heavy atom. The predicted molar refractivity (Wildman–Crippen MR) is 74.8 cm³/mol. The minimum Gasteiger partial charge on any atom is -0.486 e. The van der Waals surface area contributed by atoms with Gasteiger partial charge in [-0.2, -0.15) is 0 Å². The fourth-order valence-corrected chi connectivity index (χ4v) is 2.30. The van der Waals surface area contributed by atoms with Crippen LogP contribution in [0.25, 0.3) is 0 Å². The molecule has 1 atom stereocenters. The fourth-order valence-electron chi connectivity index (χ4n) is 2.30. The molecule has 102 valence electrons. The van der Waals surface area contributed by atoms with Crippen molar-refractivity contribution < 1.29 is 14.6 Å². The maximum atomic E-state index is 10.9. The molecule has 1 aromatic carbocycles. The van der Waals surface area contributed by atoms with Crippen LogP contribution in [0, 0.1) is 6.92 Å². The van der Waals surface area contributed by atoms with Gasteiger partial charge in [0.1, 0.15) is 11.9 Å². The summed E-state index contributed by atoms with van der Waals surface area (Å²) in [5, 5.41) is 8.94. The number of benzene rings is 1. The van der Waals surface area contributed by atoms with Crippen LogP contribution in [0.2, 0.25) is 0 Å². The molecular formula is C16H20O3. The molecule has 0 heterocycles. The van der Waals surface area contributed by atoms with E-state index in [1.54, 1.807) is 18.2 Å². The summed E-state index contributed by atoms with van der Waals surface area (Å²) in [5.74, 6) is -0.124. The number of allylic oxidation sites excluding steroid dienone is 1. The van der Waals surface area contributed by atoms with Crippen molar-refractivity contribution in [1.29, 1.82) is 0 Å². The highest BCUT2D eigenvalue weighted by atomic mass is 16.5. The first-order valence-electron chi connectivity index (χ1n) is 6.84. The van der Waals surface area contributed by atoms with Crippen LogP contribution in [-0.4, -0.2) is 17.2 Å². The second kappa shape index (κ2) is 6.41. The van der Waals surface area contributed by atoms with Gasteiger partial charge in [0.2, 0.25) is 0 Å². The Morgan fingerprint density at radius 3 is 2.89 bits per heavy atom.